The Morgan fingerprint density at radius 1 is 1.07 bits per heavy atom. The van der Waals surface area contributed by atoms with Crippen molar-refractivity contribution in [2.24, 2.45) is 0 Å². The highest BCUT2D eigenvalue weighted by molar-refractivity contribution is 8.00. The lowest BCUT2D eigenvalue weighted by Crippen LogP contribution is -2.22. The fraction of sp³-hybridized carbons (Fsp3) is 0.0952. The van der Waals surface area contributed by atoms with E-state index in [1.807, 2.05) is 47.8 Å². The maximum atomic E-state index is 12.3. The number of hydrogen-bond acceptors (Lipinski definition) is 6. The minimum atomic E-state index is -0.0917. The first-order chi connectivity index (χ1) is 14.2. The number of rotatable bonds is 7. The van der Waals surface area contributed by atoms with Crippen LogP contribution in [0.2, 0.25) is 0 Å². The molecule has 0 aliphatic rings. The fourth-order valence-corrected chi connectivity index (χ4v) is 5.60. The Morgan fingerprint density at radius 2 is 1.86 bits per heavy atom. The van der Waals surface area contributed by atoms with Gasteiger partial charge in [0.1, 0.15) is 0 Å². The second kappa shape index (κ2) is 9.49. The number of hydrogen-bond donors (Lipinski definition) is 1. The summed E-state index contributed by atoms with van der Waals surface area (Å²) in [6, 6.07) is 21.6. The van der Waals surface area contributed by atoms with Gasteiger partial charge in [-0.15, -0.1) is 16.4 Å². The lowest BCUT2D eigenvalue weighted by molar-refractivity contribution is 0.0951. The summed E-state index contributed by atoms with van der Waals surface area (Å²) in [4.78, 5) is 13.5. The van der Waals surface area contributed by atoms with Gasteiger partial charge in [0.25, 0.3) is 5.91 Å². The molecule has 0 fully saturated rings. The van der Waals surface area contributed by atoms with Crippen molar-refractivity contribution in [3.63, 3.8) is 0 Å². The summed E-state index contributed by atoms with van der Waals surface area (Å²) in [5.74, 6) is 0.762. The second-order valence-electron chi connectivity index (χ2n) is 6.13. The summed E-state index contributed by atoms with van der Waals surface area (Å²) in [6.07, 6.45) is 0. The monoisotopic (exact) mass is 455 g/mol. The maximum Gasteiger partial charge on any atom is 0.251 e. The molecule has 0 atom stereocenters. The molecule has 4 nitrogen and oxygen atoms in total. The van der Waals surface area contributed by atoms with Gasteiger partial charge in [-0.05, 0) is 53.5 Å². The zero-order chi connectivity index (χ0) is 20.1. The first kappa shape index (κ1) is 20.0. The third kappa shape index (κ3) is 5.22. The summed E-state index contributed by atoms with van der Waals surface area (Å²) < 4.78 is 3.37. The van der Waals surface area contributed by atoms with Crippen LogP contribution in [-0.2, 0) is 12.3 Å². The number of thiophene rings is 1. The van der Waals surface area contributed by atoms with Crippen LogP contribution < -0.4 is 5.32 Å². The number of carbonyl (C=O) groups excluding carboxylic acids is 1. The molecule has 2 heterocycles. The summed E-state index contributed by atoms with van der Waals surface area (Å²) in [6.45, 7) is 0.539. The number of nitrogens with one attached hydrogen (secondary N) is 1. The van der Waals surface area contributed by atoms with Crippen molar-refractivity contribution in [2.75, 3.05) is 0 Å². The molecule has 1 amide bonds. The van der Waals surface area contributed by atoms with E-state index in [4.69, 9.17) is 12.2 Å². The third-order valence-corrected chi connectivity index (χ3v) is 7.42. The van der Waals surface area contributed by atoms with E-state index in [1.54, 1.807) is 39.9 Å². The van der Waals surface area contributed by atoms with E-state index in [0.717, 1.165) is 20.7 Å². The average molecular weight is 456 g/mol. The molecule has 0 spiro atoms. The molecule has 0 bridgehead atoms. The Kier molecular flexibility index (Phi) is 6.56. The van der Waals surface area contributed by atoms with Gasteiger partial charge < -0.3 is 5.32 Å². The predicted octanol–water partition coefficient (Wildman–Crippen LogP) is 5.95. The van der Waals surface area contributed by atoms with Gasteiger partial charge in [-0.25, -0.2) is 4.68 Å². The summed E-state index contributed by atoms with van der Waals surface area (Å²) in [5.41, 5.74) is 2.72. The van der Waals surface area contributed by atoms with Crippen LogP contribution in [0, 0.1) is 3.95 Å². The Labute approximate surface area is 186 Å². The van der Waals surface area contributed by atoms with Crippen molar-refractivity contribution in [1.82, 2.24) is 15.1 Å². The molecule has 29 heavy (non-hydrogen) atoms. The van der Waals surface area contributed by atoms with Crippen molar-refractivity contribution in [2.45, 2.75) is 16.6 Å². The fourth-order valence-electron chi connectivity index (χ4n) is 2.64. The first-order valence-electron chi connectivity index (χ1n) is 8.87. The quantitative estimate of drug-likeness (QED) is 0.276. The van der Waals surface area contributed by atoms with Crippen LogP contribution in [0.25, 0.3) is 5.69 Å². The van der Waals surface area contributed by atoms with Crippen LogP contribution in [0.1, 0.15) is 20.8 Å². The molecule has 0 aliphatic heterocycles. The normalized spacial score (nSPS) is 10.8. The highest BCUT2D eigenvalue weighted by atomic mass is 32.2. The van der Waals surface area contributed by atoms with Crippen LogP contribution in [0.4, 0.5) is 0 Å². The largest absolute Gasteiger partial charge is 0.347 e. The van der Waals surface area contributed by atoms with Crippen molar-refractivity contribution >= 4 is 52.6 Å². The lowest BCUT2D eigenvalue weighted by atomic mass is 10.2. The van der Waals surface area contributed by atoms with E-state index in [9.17, 15) is 4.79 Å². The molecule has 0 saturated carbocycles. The molecule has 0 aliphatic carbocycles. The van der Waals surface area contributed by atoms with E-state index >= 15 is 0 Å². The molecular formula is C21H17N3OS4. The second-order valence-corrected chi connectivity index (χ2v) is 10.0. The Hall–Kier alpha value is -2.26. The molecule has 146 valence electrons. The zero-order valence-electron chi connectivity index (χ0n) is 15.3. The van der Waals surface area contributed by atoms with Crippen molar-refractivity contribution in [1.29, 1.82) is 0 Å². The predicted molar refractivity (Wildman–Crippen MR) is 124 cm³/mol. The molecule has 4 rings (SSSR count). The standard InChI is InChI=1S/C21H17N3OS4/c25-19(22-13-18-7-4-12-27-18)16-8-10-17(11-9-16)24-21(26)29-20(23-24)28-14-15-5-2-1-3-6-15/h1-12H,13-14H2,(H,22,25). The molecule has 2 aromatic heterocycles. The highest BCUT2D eigenvalue weighted by Crippen LogP contribution is 2.27. The number of amides is 1. The average Bonchev–Trinajstić information content (AvgIpc) is 3.41. The molecular weight excluding hydrogens is 439 g/mol. The molecule has 8 heteroatoms. The first-order valence-corrected chi connectivity index (χ1v) is 12.0. The van der Waals surface area contributed by atoms with Gasteiger partial charge in [0.2, 0.25) is 0 Å². The van der Waals surface area contributed by atoms with E-state index < -0.39 is 0 Å². The van der Waals surface area contributed by atoms with Gasteiger partial charge in [0.15, 0.2) is 8.29 Å². The highest BCUT2D eigenvalue weighted by Gasteiger charge is 2.09. The summed E-state index contributed by atoms with van der Waals surface area (Å²) in [7, 11) is 0. The summed E-state index contributed by atoms with van der Waals surface area (Å²) >= 11 is 10.3. The van der Waals surface area contributed by atoms with Crippen LogP contribution >= 0.6 is 46.7 Å². The van der Waals surface area contributed by atoms with Crippen LogP contribution in [0.5, 0.6) is 0 Å². The number of carbonyl (C=O) groups is 1. The number of aromatic nitrogens is 2. The summed E-state index contributed by atoms with van der Waals surface area (Å²) in [5, 5.41) is 9.57. The van der Waals surface area contributed by atoms with Crippen LogP contribution in [0.3, 0.4) is 0 Å². The van der Waals surface area contributed by atoms with Gasteiger partial charge >= 0.3 is 0 Å². The Balaban J connectivity index is 1.41. The molecule has 0 saturated heterocycles. The smallest absolute Gasteiger partial charge is 0.251 e. The van der Waals surface area contributed by atoms with Crippen molar-refractivity contribution in [3.05, 3.63) is 92.1 Å². The van der Waals surface area contributed by atoms with Gasteiger partial charge in [0, 0.05) is 16.2 Å². The number of thioether (sulfide) groups is 1. The van der Waals surface area contributed by atoms with Gasteiger partial charge in [-0.3, -0.25) is 4.79 Å². The molecule has 4 aromatic rings. The number of nitrogens with zero attached hydrogens (tertiary/aromatic N) is 2. The van der Waals surface area contributed by atoms with E-state index in [0.29, 0.717) is 16.1 Å². The van der Waals surface area contributed by atoms with Gasteiger partial charge in [-0.1, -0.05) is 59.5 Å². The van der Waals surface area contributed by atoms with Crippen LogP contribution in [0.15, 0.2) is 76.4 Å². The lowest BCUT2D eigenvalue weighted by Gasteiger charge is -2.05. The van der Waals surface area contributed by atoms with E-state index in [2.05, 4.69) is 22.5 Å². The Bertz CT molecular complexity index is 1130. The van der Waals surface area contributed by atoms with E-state index in [1.165, 1.54) is 16.9 Å². The van der Waals surface area contributed by atoms with Crippen LogP contribution in [-0.4, -0.2) is 15.7 Å². The SMILES string of the molecule is O=C(NCc1cccs1)c1ccc(-n2nc(SCc3ccccc3)sc2=S)cc1. The van der Waals surface area contributed by atoms with Gasteiger partial charge in [-0.2, -0.15) is 0 Å². The molecule has 0 radical (unpaired) electrons. The van der Waals surface area contributed by atoms with E-state index in [-0.39, 0.29) is 5.91 Å². The Morgan fingerprint density at radius 3 is 2.59 bits per heavy atom. The minimum Gasteiger partial charge on any atom is -0.347 e. The van der Waals surface area contributed by atoms with Gasteiger partial charge in [0.05, 0.1) is 12.2 Å². The topological polar surface area (TPSA) is 46.9 Å². The third-order valence-electron chi connectivity index (χ3n) is 4.11. The molecule has 0 unspecified atom stereocenters. The molecule has 1 N–H and O–H groups in total. The zero-order valence-corrected chi connectivity index (χ0v) is 18.5. The molecule has 2 aromatic carbocycles. The van der Waals surface area contributed by atoms with Crippen molar-refractivity contribution in [3.8, 4) is 5.69 Å². The number of benzene rings is 2. The van der Waals surface area contributed by atoms with Crippen molar-refractivity contribution < 1.29 is 4.79 Å². The minimum absolute atomic E-state index is 0.0917. The maximum absolute atomic E-state index is 12.3.